The van der Waals surface area contributed by atoms with Crippen LogP contribution in [0.15, 0.2) is 17.0 Å². The van der Waals surface area contributed by atoms with Crippen LogP contribution in [0.4, 0.5) is 0 Å². The van der Waals surface area contributed by atoms with E-state index >= 15 is 0 Å². The van der Waals surface area contributed by atoms with Crippen LogP contribution in [0.2, 0.25) is 5.02 Å². The van der Waals surface area contributed by atoms with Crippen LogP contribution in [0.3, 0.4) is 0 Å². The molecule has 1 heterocycles. The van der Waals surface area contributed by atoms with Crippen molar-refractivity contribution in [1.29, 1.82) is 0 Å². The van der Waals surface area contributed by atoms with E-state index in [1.807, 2.05) is 13.8 Å². The van der Waals surface area contributed by atoms with Gasteiger partial charge in [-0.05, 0) is 35.1 Å². The zero-order valence-corrected chi connectivity index (χ0v) is 12.3. The molecule has 18 heavy (non-hydrogen) atoms. The minimum atomic E-state index is -3.44. The molecule has 0 aromatic heterocycles. The molecule has 1 aliphatic rings. The number of hydrogen-bond acceptors (Lipinski definition) is 3. The highest BCUT2D eigenvalue weighted by Crippen LogP contribution is 2.42. The first-order chi connectivity index (χ1) is 8.17. The third kappa shape index (κ3) is 2.06. The van der Waals surface area contributed by atoms with Gasteiger partial charge in [0.25, 0.3) is 5.24 Å². The van der Waals surface area contributed by atoms with Crippen LogP contribution in [0.5, 0.6) is 0 Å². The first-order valence-electron chi connectivity index (χ1n) is 5.42. The molecular formula is C12H12Cl2O3S. The van der Waals surface area contributed by atoms with Crippen molar-refractivity contribution < 1.29 is 13.2 Å². The first kappa shape index (κ1) is 13.8. The maximum absolute atomic E-state index is 12.1. The summed E-state index contributed by atoms with van der Waals surface area (Å²) in [6, 6.07) is 3.12. The van der Waals surface area contributed by atoms with E-state index in [1.165, 1.54) is 6.07 Å². The standard InChI is InChI=1S/C12H12Cl2O3S/c1-12(2)5-6-18(16,17)10-8(12)4-3-7(9(10)13)11(14)15/h3-4H,5-6H2,1-2H3. The Balaban J connectivity index is 2.85. The van der Waals surface area contributed by atoms with E-state index < -0.39 is 15.1 Å². The molecule has 98 valence electrons. The van der Waals surface area contributed by atoms with Crippen molar-refractivity contribution in [3.63, 3.8) is 0 Å². The molecule has 0 amide bonds. The summed E-state index contributed by atoms with van der Waals surface area (Å²) < 4.78 is 24.2. The van der Waals surface area contributed by atoms with Crippen molar-refractivity contribution >= 4 is 38.3 Å². The van der Waals surface area contributed by atoms with Gasteiger partial charge in [-0.25, -0.2) is 8.42 Å². The molecule has 0 unspecified atom stereocenters. The summed E-state index contributed by atoms with van der Waals surface area (Å²) in [6.45, 7) is 3.91. The van der Waals surface area contributed by atoms with Gasteiger partial charge in [0.1, 0.15) is 0 Å². The van der Waals surface area contributed by atoms with Gasteiger partial charge in [0.2, 0.25) is 0 Å². The Hall–Kier alpha value is -0.580. The summed E-state index contributed by atoms with van der Waals surface area (Å²) in [5.74, 6) is 0.0344. The van der Waals surface area contributed by atoms with Crippen molar-refractivity contribution in [2.24, 2.45) is 0 Å². The number of halogens is 2. The van der Waals surface area contributed by atoms with Crippen molar-refractivity contribution in [3.05, 3.63) is 28.3 Å². The molecule has 2 rings (SSSR count). The van der Waals surface area contributed by atoms with Crippen LogP contribution in [0.25, 0.3) is 0 Å². The van der Waals surface area contributed by atoms with Gasteiger partial charge < -0.3 is 0 Å². The lowest BCUT2D eigenvalue weighted by atomic mass is 9.81. The summed E-state index contributed by atoms with van der Waals surface area (Å²) in [5.41, 5.74) is 0.414. The van der Waals surface area contributed by atoms with Gasteiger partial charge in [0.05, 0.1) is 21.2 Å². The Kier molecular flexibility index (Phi) is 3.24. The zero-order chi connectivity index (χ0) is 13.7. The van der Waals surface area contributed by atoms with Gasteiger partial charge in [0, 0.05) is 0 Å². The molecule has 1 aliphatic heterocycles. The number of hydrogen-bond donors (Lipinski definition) is 0. The van der Waals surface area contributed by atoms with Crippen LogP contribution in [0, 0.1) is 0 Å². The number of sulfone groups is 1. The molecule has 0 bridgehead atoms. The Morgan fingerprint density at radius 3 is 2.50 bits per heavy atom. The third-order valence-corrected chi connectivity index (χ3v) is 5.84. The number of benzene rings is 1. The fraction of sp³-hybridized carbons (Fsp3) is 0.417. The largest absolute Gasteiger partial charge is 0.276 e. The van der Waals surface area contributed by atoms with Crippen LogP contribution >= 0.6 is 23.2 Å². The molecule has 0 spiro atoms. The number of fused-ring (bicyclic) bond motifs is 1. The van der Waals surface area contributed by atoms with E-state index in [0.29, 0.717) is 12.0 Å². The summed E-state index contributed by atoms with van der Waals surface area (Å²) in [4.78, 5) is 11.3. The predicted molar refractivity (Wildman–Crippen MR) is 71.3 cm³/mol. The highest BCUT2D eigenvalue weighted by molar-refractivity contribution is 7.91. The number of carbonyl (C=O) groups is 1. The summed E-state index contributed by atoms with van der Waals surface area (Å²) in [6.07, 6.45) is 0.535. The summed E-state index contributed by atoms with van der Waals surface area (Å²) >= 11 is 11.4. The SMILES string of the molecule is CC1(C)CCS(=O)(=O)c2c1ccc(C(=O)Cl)c2Cl. The monoisotopic (exact) mass is 306 g/mol. The Morgan fingerprint density at radius 1 is 1.33 bits per heavy atom. The van der Waals surface area contributed by atoms with Crippen LogP contribution in [-0.2, 0) is 15.3 Å². The lowest BCUT2D eigenvalue weighted by Gasteiger charge is -2.32. The minimum Gasteiger partial charge on any atom is -0.276 e. The Labute approximate surface area is 116 Å². The highest BCUT2D eigenvalue weighted by atomic mass is 35.5. The predicted octanol–water partition coefficient (Wildman–Crippen LogP) is 3.17. The van der Waals surface area contributed by atoms with Crippen molar-refractivity contribution in [2.45, 2.75) is 30.6 Å². The fourth-order valence-electron chi connectivity index (χ4n) is 2.17. The smallest absolute Gasteiger partial charge is 0.253 e. The van der Waals surface area contributed by atoms with Crippen LogP contribution in [-0.4, -0.2) is 19.4 Å². The van der Waals surface area contributed by atoms with E-state index in [1.54, 1.807) is 6.07 Å². The second-order valence-electron chi connectivity index (χ2n) is 5.03. The number of carbonyl (C=O) groups excluding carboxylic acids is 1. The average molecular weight is 307 g/mol. The maximum atomic E-state index is 12.1. The van der Waals surface area contributed by atoms with Gasteiger partial charge in [-0.3, -0.25) is 4.79 Å². The molecule has 0 aliphatic carbocycles. The van der Waals surface area contributed by atoms with Gasteiger partial charge >= 0.3 is 0 Å². The van der Waals surface area contributed by atoms with Crippen LogP contribution in [0.1, 0.15) is 36.2 Å². The molecule has 3 nitrogen and oxygen atoms in total. The summed E-state index contributed by atoms with van der Waals surface area (Å²) in [7, 11) is -3.44. The van der Waals surface area contributed by atoms with Gasteiger partial charge in [-0.2, -0.15) is 0 Å². The molecule has 0 saturated heterocycles. The average Bonchev–Trinajstić information content (AvgIpc) is 2.24. The molecular weight excluding hydrogens is 295 g/mol. The maximum Gasteiger partial charge on any atom is 0.253 e. The van der Waals surface area contributed by atoms with Crippen molar-refractivity contribution in [1.82, 2.24) is 0 Å². The second-order valence-corrected chi connectivity index (χ2v) is 7.80. The third-order valence-electron chi connectivity index (χ3n) is 3.34. The van der Waals surface area contributed by atoms with Crippen LogP contribution < -0.4 is 0 Å². The first-order valence-corrected chi connectivity index (χ1v) is 7.83. The van der Waals surface area contributed by atoms with Gasteiger partial charge in [-0.15, -0.1) is 0 Å². The second kappa shape index (κ2) is 4.22. The lowest BCUT2D eigenvalue weighted by molar-refractivity contribution is 0.108. The van der Waals surface area contributed by atoms with Crippen molar-refractivity contribution in [3.8, 4) is 0 Å². The molecule has 0 radical (unpaired) electrons. The molecule has 1 aromatic carbocycles. The normalized spacial score (nSPS) is 20.2. The zero-order valence-electron chi connectivity index (χ0n) is 9.96. The molecule has 0 saturated carbocycles. The van der Waals surface area contributed by atoms with Gasteiger partial charge in [-0.1, -0.05) is 31.5 Å². The molecule has 0 N–H and O–H groups in total. The Morgan fingerprint density at radius 2 is 1.94 bits per heavy atom. The van der Waals surface area contributed by atoms with Gasteiger partial charge in [0.15, 0.2) is 9.84 Å². The molecule has 6 heteroatoms. The van der Waals surface area contributed by atoms with E-state index in [4.69, 9.17) is 23.2 Å². The Bertz CT molecular complexity index is 633. The molecule has 0 fully saturated rings. The number of rotatable bonds is 1. The lowest BCUT2D eigenvalue weighted by Crippen LogP contribution is -2.31. The molecule has 0 atom stereocenters. The topological polar surface area (TPSA) is 51.2 Å². The van der Waals surface area contributed by atoms with E-state index in [2.05, 4.69) is 0 Å². The molecule has 1 aromatic rings. The van der Waals surface area contributed by atoms with E-state index in [0.717, 1.165) is 0 Å². The minimum absolute atomic E-state index is 0.0344. The fourth-order valence-corrected chi connectivity index (χ4v) is 5.03. The van der Waals surface area contributed by atoms with E-state index in [9.17, 15) is 13.2 Å². The summed E-state index contributed by atoms with van der Waals surface area (Å²) in [5, 5.41) is -0.804. The van der Waals surface area contributed by atoms with Crippen molar-refractivity contribution in [2.75, 3.05) is 5.75 Å². The highest BCUT2D eigenvalue weighted by Gasteiger charge is 2.38. The van der Waals surface area contributed by atoms with E-state index in [-0.39, 0.29) is 26.6 Å². The quantitative estimate of drug-likeness (QED) is 0.749.